The van der Waals surface area contributed by atoms with Crippen molar-refractivity contribution in [2.75, 3.05) is 51.1 Å². The van der Waals surface area contributed by atoms with E-state index in [-0.39, 0.29) is 43.8 Å². The molecule has 11 heteroatoms. The molecule has 3 aromatic carbocycles. The van der Waals surface area contributed by atoms with Crippen molar-refractivity contribution in [1.82, 2.24) is 25.4 Å². The molecule has 0 radical (unpaired) electrons. The van der Waals surface area contributed by atoms with Gasteiger partial charge in [-0.1, -0.05) is 42.5 Å². The zero-order valence-electron chi connectivity index (χ0n) is 29.7. The maximum Gasteiger partial charge on any atom is 0.319 e. The number of carbonyl (C=O) groups is 3. The number of piperidine rings is 2. The number of benzene rings is 3. The molecule has 9 nitrogen and oxygen atoms in total. The van der Waals surface area contributed by atoms with Crippen molar-refractivity contribution in [2.45, 2.75) is 44.4 Å². The summed E-state index contributed by atoms with van der Waals surface area (Å²) >= 11 is 0. The highest BCUT2D eigenvalue weighted by Crippen LogP contribution is 2.30. The average molecular weight is 719 g/mol. The third-order valence-electron chi connectivity index (χ3n) is 9.55. The van der Waals surface area contributed by atoms with Gasteiger partial charge in [0.1, 0.15) is 0 Å². The van der Waals surface area contributed by atoms with Crippen LogP contribution in [0.15, 0.2) is 91.3 Å². The maximum absolute atomic E-state index is 13.8. The Bertz CT molecular complexity index is 1940. The van der Waals surface area contributed by atoms with Crippen LogP contribution in [0.5, 0.6) is 0 Å². The second-order valence-electron chi connectivity index (χ2n) is 13.5. The summed E-state index contributed by atoms with van der Waals surface area (Å²) in [6.07, 6.45) is 7.07. The molecule has 0 spiro atoms. The van der Waals surface area contributed by atoms with E-state index in [0.29, 0.717) is 53.0 Å². The number of anilines is 1. The topological polar surface area (TPSA) is 107 Å². The van der Waals surface area contributed by atoms with E-state index in [0.717, 1.165) is 30.8 Å². The first-order valence-electron chi connectivity index (χ1n) is 18.2. The second kappa shape index (κ2) is 17.8. The summed E-state index contributed by atoms with van der Waals surface area (Å²) < 4.78 is 27.5. The van der Waals surface area contributed by atoms with Crippen LogP contribution in [0.3, 0.4) is 0 Å². The molecule has 53 heavy (non-hydrogen) atoms. The van der Waals surface area contributed by atoms with Crippen LogP contribution < -0.4 is 16.0 Å². The van der Waals surface area contributed by atoms with E-state index >= 15 is 0 Å². The van der Waals surface area contributed by atoms with Gasteiger partial charge in [-0.3, -0.25) is 14.6 Å². The quantitative estimate of drug-likeness (QED) is 0.160. The number of amides is 4. The Labute approximate surface area is 309 Å². The van der Waals surface area contributed by atoms with E-state index in [2.05, 4.69) is 37.7 Å². The first-order valence-corrected chi connectivity index (χ1v) is 18.2. The predicted molar refractivity (Wildman–Crippen MR) is 202 cm³/mol. The zero-order valence-corrected chi connectivity index (χ0v) is 29.7. The number of urea groups is 1. The molecule has 3 heterocycles. The predicted octanol–water partition coefficient (Wildman–Crippen LogP) is 6.60. The summed E-state index contributed by atoms with van der Waals surface area (Å²) in [5.74, 6) is 3.24. The summed E-state index contributed by atoms with van der Waals surface area (Å²) in [6, 6.07) is 22.9. The van der Waals surface area contributed by atoms with Crippen molar-refractivity contribution >= 4 is 23.5 Å². The van der Waals surface area contributed by atoms with E-state index in [1.54, 1.807) is 67.0 Å². The lowest BCUT2D eigenvalue weighted by molar-refractivity contribution is -0.0494. The third-order valence-corrected chi connectivity index (χ3v) is 9.55. The number of nitrogens with zero attached hydrogens (tertiary/aromatic N) is 3. The molecule has 1 aromatic heterocycles. The number of halogens is 2. The number of pyridine rings is 1. The van der Waals surface area contributed by atoms with Gasteiger partial charge in [0.25, 0.3) is 17.7 Å². The van der Waals surface area contributed by atoms with Crippen molar-refractivity contribution in [1.29, 1.82) is 0 Å². The number of aromatic nitrogens is 1. The summed E-state index contributed by atoms with van der Waals surface area (Å²) in [5, 5.41) is 8.75. The van der Waals surface area contributed by atoms with Crippen molar-refractivity contribution in [3.63, 3.8) is 0 Å². The van der Waals surface area contributed by atoms with Crippen molar-refractivity contribution < 1.29 is 23.2 Å². The fraction of sp³-hybridized carbons (Fsp3) is 0.333. The number of alkyl halides is 2. The minimum atomic E-state index is -2.75. The largest absolute Gasteiger partial charge is 0.351 e. The smallest absolute Gasteiger partial charge is 0.319 e. The Morgan fingerprint density at radius 2 is 1.58 bits per heavy atom. The van der Waals surface area contributed by atoms with Crippen LogP contribution in [0.2, 0.25) is 0 Å². The Hall–Kier alpha value is -5.60. The molecule has 0 bridgehead atoms. The number of rotatable bonds is 10. The minimum absolute atomic E-state index is 0.00346. The molecule has 4 aromatic rings. The van der Waals surface area contributed by atoms with Crippen LogP contribution in [0.25, 0.3) is 11.1 Å². The fourth-order valence-electron chi connectivity index (χ4n) is 6.52. The molecule has 4 amide bonds. The molecule has 0 atom stereocenters. The minimum Gasteiger partial charge on any atom is -0.351 e. The Morgan fingerprint density at radius 3 is 2.34 bits per heavy atom. The van der Waals surface area contributed by atoms with Crippen molar-refractivity contribution in [3.05, 3.63) is 119 Å². The maximum atomic E-state index is 13.8. The lowest BCUT2D eigenvalue weighted by Gasteiger charge is -2.31. The standard InChI is InChI=1S/C42H44F2N6O3/c43-42(44)18-25-50(26-19-42)40(52)36-8-4-7-34(28-36)38-16-15-37(48-41(53)47-21-17-32-6-5-20-45-30-32)29-35(38)14-11-31-9-12-33(13-10-31)39(51)46-22-27-49-23-2-1-3-24-49/h4-10,12-13,15-16,20,28-30H,1-3,17-19,21-27H2,(H,46,51)(H2,47,48,53). The highest BCUT2D eigenvalue weighted by Gasteiger charge is 2.35. The van der Waals surface area contributed by atoms with Gasteiger partial charge in [-0.2, -0.15) is 0 Å². The highest BCUT2D eigenvalue weighted by molar-refractivity contribution is 5.96. The molecule has 3 N–H and O–H groups in total. The Morgan fingerprint density at radius 1 is 0.792 bits per heavy atom. The van der Waals surface area contributed by atoms with Gasteiger partial charge in [0, 0.05) is 85.9 Å². The number of hydrogen-bond acceptors (Lipinski definition) is 5. The summed E-state index contributed by atoms with van der Waals surface area (Å²) in [7, 11) is 0. The lowest BCUT2D eigenvalue weighted by Crippen LogP contribution is -2.42. The van der Waals surface area contributed by atoms with E-state index in [1.165, 1.54) is 24.2 Å². The number of nitrogens with one attached hydrogen (secondary N) is 3. The molecule has 274 valence electrons. The molecule has 2 aliphatic rings. The molecule has 0 unspecified atom stereocenters. The van der Waals surface area contributed by atoms with Gasteiger partial charge >= 0.3 is 6.03 Å². The van der Waals surface area contributed by atoms with E-state index < -0.39 is 5.92 Å². The van der Waals surface area contributed by atoms with Gasteiger partial charge in [0.05, 0.1) is 0 Å². The number of likely N-dealkylation sites (tertiary alicyclic amines) is 2. The summed E-state index contributed by atoms with van der Waals surface area (Å²) in [5.41, 5.74) is 5.21. The molecule has 0 saturated carbocycles. The third kappa shape index (κ3) is 10.7. The van der Waals surface area contributed by atoms with E-state index in [9.17, 15) is 23.2 Å². The van der Waals surface area contributed by atoms with Gasteiger partial charge < -0.3 is 25.8 Å². The molecular weight excluding hydrogens is 674 g/mol. The first kappa shape index (κ1) is 37.2. The van der Waals surface area contributed by atoms with Gasteiger partial charge in [0.15, 0.2) is 0 Å². The van der Waals surface area contributed by atoms with Crippen LogP contribution in [0.1, 0.15) is 69.5 Å². The molecule has 0 aliphatic carbocycles. The van der Waals surface area contributed by atoms with Crippen LogP contribution in [-0.2, 0) is 6.42 Å². The van der Waals surface area contributed by atoms with Gasteiger partial charge in [-0.15, -0.1) is 0 Å². The zero-order chi connectivity index (χ0) is 37.0. The van der Waals surface area contributed by atoms with Gasteiger partial charge in [-0.25, -0.2) is 13.6 Å². The van der Waals surface area contributed by atoms with Crippen LogP contribution in [0, 0.1) is 11.8 Å². The summed E-state index contributed by atoms with van der Waals surface area (Å²) in [6.45, 7) is 4.01. The van der Waals surface area contributed by atoms with E-state index in [4.69, 9.17) is 0 Å². The molecular formula is C42H44F2N6O3. The lowest BCUT2D eigenvalue weighted by atomic mass is 9.96. The molecule has 6 rings (SSSR count). The van der Waals surface area contributed by atoms with Gasteiger partial charge in [0.2, 0.25) is 0 Å². The fourth-order valence-corrected chi connectivity index (χ4v) is 6.52. The number of hydrogen-bond donors (Lipinski definition) is 3. The van der Waals surface area contributed by atoms with Crippen LogP contribution in [0.4, 0.5) is 19.3 Å². The first-order chi connectivity index (χ1) is 25.7. The van der Waals surface area contributed by atoms with Gasteiger partial charge in [-0.05, 0) is 104 Å². The monoisotopic (exact) mass is 718 g/mol. The number of carbonyl (C=O) groups excluding carboxylic acids is 3. The average Bonchev–Trinajstić information content (AvgIpc) is 3.18. The van der Waals surface area contributed by atoms with Crippen molar-refractivity contribution in [3.8, 4) is 23.0 Å². The summed E-state index contributed by atoms with van der Waals surface area (Å²) in [4.78, 5) is 46.8. The molecule has 2 aliphatic heterocycles. The van der Waals surface area contributed by atoms with Crippen LogP contribution >= 0.6 is 0 Å². The van der Waals surface area contributed by atoms with E-state index in [1.807, 2.05) is 24.3 Å². The SMILES string of the molecule is O=C(NCCc1cccnc1)Nc1ccc(-c2cccc(C(=O)N3CCC(F)(F)CC3)c2)c(C#Cc2ccc(C(=O)NCCN3CCCCC3)cc2)c1. The normalized spacial score (nSPS) is 15.5. The van der Waals surface area contributed by atoms with Crippen molar-refractivity contribution in [2.24, 2.45) is 0 Å². The molecule has 2 saturated heterocycles. The Kier molecular flexibility index (Phi) is 12.4. The Balaban J connectivity index is 1.18. The molecule has 2 fully saturated rings. The highest BCUT2D eigenvalue weighted by atomic mass is 19.3. The van der Waals surface area contributed by atoms with Crippen LogP contribution in [-0.4, -0.2) is 84.4 Å². The second-order valence-corrected chi connectivity index (χ2v) is 13.5.